The molecule has 1 aliphatic rings. The average molecular weight is 332 g/mol. The zero-order valence-electron chi connectivity index (χ0n) is 13.1. The predicted molar refractivity (Wildman–Crippen MR) is 89.6 cm³/mol. The average Bonchev–Trinajstić information content (AvgIpc) is 3.00. The van der Waals surface area contributed by atoms with E-state index in [1.54, 1.807) is 16.0 Å². The third-order valence-electron chi connectivity index (χ3n) is 4.02. The highest BCUT2D eigenvalue weighted by atomic mass is 32.1. The predicted octanol–water partition coefficient (Wildman–Crippen LogP) is 1.46. The van der Waals surface area contributed by atoms with E-state index in [1.165, 1.54) is 17.4 Å². The minimum absolute atomic E-state index is 0.0345. The van der Waals surface area contributed by atoms with Crippen molar-refractivity contribution in [2.45, 2.75) is 33.0 Å². The first-order valence-corrected chi connectivity index (χ1v) is 8.74. The Morgan fingerprint density at radius 3 is 3.04 bits per heavy atom. The van der Waals surface area contributed by atoms with E-state index in [-0.39, 0.29) is 18.0 Å². The number of amides is 1. The summed E-state index contributed by atoms with van der Waals surface area (Å²) >= 11 is 1.48. The molecule has 3 heterocycles. The fraction of sp³-hybridized carbons (Fsp3) is 0.438. The molecular weight excluding hydrogens is 312 g/mol. The molecule has 0 unspecified atom stereocenters. The number of rotatable bonds is 4. The van der Waals surface area contributed by atoms with Crippen molar-refractivity contribution in [2.24, 2.45) is 0 Å². The fourth-order valence-electron chi connectivity index (χ4n) is 2.72. The number of carbonyl (C=O) groups is 1. The van der Waals surface area contributed by atoms with E-state index in [0.29, 0.717) is 24.3 Å². The summed E-state index contributed by atoms with van der Waals surface area (Å²) in [6, 6.07) is 3.30. The minimum atomic E-state index is -0.140. The maximum absolute atomic E-state index is 12.3. The van der Waals surface area contributed by atoms with Crippen LogP contribution in [-0.2, 0) is 19.6 Å². The Morgan fingerprint density at radius 1 is 1.43 bits per heavy atom. The summed E-state index contributed by atoms with van der Waals surface area (Å²) in [5, 5.41) is 6.48. The number of hydrogen-bond donors (Lipinski definition) is 1. The van der Waals surface area contributed by atoms with Crippen LogP contribution in [0, 0.1) is 0 Å². The third-order valence-corrected chi connectivity index (χ3v) is 4.71. The molecule has 0 atom stereocenters. The number of aromatic nitrogens is 2. The number of fused-ring (bicyclic) bond motifs is 1. The summed E-state index contributed by atoms with van der Waals surface area (Å²) in [6.45, 7) is 5.68. The van der Waals surface area contributed by atoms with Crippen LogP contribution in [0.5, 0.6) is 0 Å². The van der Waals surface area contributed by atoms with Crippen molar-refractivity contribution in [3.63, 3.8) is 0 Å². The van der Waals surface area contributed by atoms with Crippen molar-refractivity contribution < 1.29 is 4.79 Å². The van der Waals surface area contributed by atoms with Crippen molar-refractivity contribution in [1.82, 2.24) is 19.8 Å². The molecule has 0 saturated heterocycles. The van der Waals surface area contributed by atoms with Crippen LogP contribution >= 0.6 is 11.3 Å². The van der Waals surface area contributed by atoms with E-state index >= 15 is 0 Å². The van der Waals surface area contributed by atoms with Gasteiger partial charge in [-0.2, -0.15) is 11.3 Å². The second-order valence-corrected chi connectivity index (χ2v) is 6.35. The van der Waals surface area contributed by atoms with Crippen LogP contribution in [-0.4, -0.2) is 33.4 Å². The second-order valence-electron chi connectivity index (χ2n) is 5.57. The molecule has 1 aliphatic heterocycles. The SMILES string of the molecule is CCN1CCCn2c(nc(CNC(=O)c3ccsc3)cc2=O)C1. The lowest BCUT2D eigenvalue weighted by Gasteiger charge is -2.17. The topological polar surface area (TPSA) is 67.2 Å². The van der Waals surface area contributed by atoms with Gasteiger partial charge in [0.25, 0.3) is 11.5 Å². The maximum Gasteiger partial charge on any atom is 0.253 e. The summed E-state index contributed by atoms with van der Waals surface area (Å²) in [6.07, 6.45) is 0.955. The van der Waals surface area contributed by atoms with Crippen molar-refractivity contribution in [1.29, 1.82) is 0 Å². The van der Waals surface area contributed by atoms with Crippen LogP contribution in [0.4, 0.5) is 0 Å². The molecular formula is C16H20N4O2S. The van der Waals surface area contributed by atoms with Gasteiger partial charge in [0.1, 0.15) is 5.82 Å². The summed E-state index contributed by atoms with van der Waals surface area (Å²) < 4.78 is 1.75. The van der Waals surface area contributed by atoms with Gasteiger partial charge in [-0.15, -0.1) is 0 Å². The third kappa shape index (κ3) is 3.68. The van der Waals surface area contributed by atoms with Gasteiger partial charge in [0.15, 0.2) is 0 Å². The highest BCUT2D eigenvalue weighted by Gasteiger charge is 2.16. The van der Waals surface area contributed by atoms with Gasteiger partial charge < -0.3 is 5.32 Å². The van der Waals surface area contributed by atoms with Crippen LogP contribution < -0.4 is 10.9 Å². The van der Waals surface area contributed by atoms with Gasteiger partial charge in [0.2, 0.25) is 0 Å². The standard InChI is InChI=1S/C16H20N4O2S/c1-2-19-5-3-6-20-14(10-19)18-13(8-15(20)21)9-17-16(22)12-4-7-23-11-12/h4,7-8,11H,2-3,5-6,9-10H2,1H3,(H,17,22). The van der Waals surface area contributed by atoms with Gasteiger partial charge in [-0.25, -0.2) is 4.98 Å². The van der Waals surface area contributed by atoms with Crippen LogP contribution in [0.3, 0.4) is 0 Å². The van der Waals surface area contributed by atoms with Gasteiger partial charge in [-0.3, -0.25) is 19.1 Å². The number of nitrogens with one attached hydrogen (secondary N) is 1. The molecule has 1 amide bonds. The molecule has 0 radical (unpaired) electrons. The molecule has 122 valence electrons. The number of carbonyl (C=O) groups excluding carboxylic acids is 1. The minimum Gasteiger partial charge on any atom is -0.346 e. The quantitative estimate of drug-likeness (QED) is 0.920. The first kappa shape index (κ1) is 15.9. The Hall–Kier alpha value is -1.99. The Bertz CT molecular complexity index is 739. The first-order valence-electron chi connectivity index (χ1n) is 7.79. The number of nitrogens with zero attached hydrogens (tertiary/aromatic N) is 3. The zero-order chi connectivity index (χ0) is 16.2. The zero-order valence-corrected chi connectivity index (χ0v) is 13.9. The van der Waals surface area contributed by atoms with E-state index in [2.05, 4.69) is 22.1 Å². The lowest BCUT2D eigenvalue weighted by Crippen LogP contribution is -2.29. The molecule has 2 aromatic rings. The molecule has 0 aliphatic carbocycles. The smallest absolute Gasteiger partial charge is 0.253 e. The molecule has 6 nitrogen and oxygen atoms in total. The van der Waals surface area contributed by atoms with Crippen LogP contribution in [0.2, 0.25) is 0 Å². The lowest BCUT2D eigenvalue weighted by atomic mass is 10.3. The summed E-state index contributed by atoms with van der Waals surface area (Å²) in [5.41, 5.74) is 1.22. The van der Waals surface area contributed by atoms with Crippen LogP contribution in [0.15, 0.2) is 27.7 Å². The lowest BCUT2D eigenvalue weighted by molar-refractivity contribution is 0.0951. The van der Waals surface area contributed by atoms with Gasteiger partial charge in [0, 0.05) is 30.1 Å². The summed E-state index contributed by atoms with van der Waals surface area (Å²) in [7, 11) is 0. The normalized spacial score (nSPS) is 15.0. The molecule has 7 heteroatoms. The van der Waals surface area contributed by atoms with Crippen molar-refractivity contribution in [3.8, 4) is 0 Å². The molecule has 0 saturated carbocycles. The molecule has 1 N–H and O–H groups in total. The number of thiophene rings is 1. The Balaban J connectivity index is 1.76. The van der Waals surface area contributed by atoms with Crippen molar-refractivity contribution >= 4 is 17.2 Å². The van der Waals surface area contributed by atoms with Crippen molar-refractivity contribution in [2.75, 3.05) is 13.1 Å². The van der Waals surface area contributed by atoms with E-state index in [4.69, 9.17) is 0 Å². The molecule has 2 aromatic heterocycles. The molecule has 3 rings (SSSR count). The second kappa shape index (κ2) is 7.06. The Kier molecular flexibility index (Phi) is 4.88. The van der Waals surface area contributed by atoms with Gasteiger partial charge in [-0.1, -0.05) is 6.92 Å². The molecule has 0 spiro atoms. The van der Waals surface area contributed by atoms with Crippen molar-refractivity contribution in [3.05, 3.63) is 50.3 Å². The molecule has 0 bridgehead atoms. The van der Waals surface area contributed by atoms with E-state index < -0.39 is 0 Å². The Morgan fingerprint density at radius 2 is 2.30 bits per heavy atom. The molecule has 23 heavy (non-hydrogen) atoms. The van der Waals surface area contributed by atoms with Gasteiger partial charge in [-0.05, 0) is 24.4 Å². The molecule has 0 fully saturated rings. The highest BCUT2D eigenvalue weighted by Crippen LogP contribution is 2.09. The van der Waals surface area contributed by atoms with Crippen LogP contribution in [0.1, 0.15) is 35.2 Å². The molecule has 0 aromatic carbocycles. The highest BCUT2D eigenvalue weighted by molar-refractivity contribution is 7.08. The fourth-order valence-corrected chi connectivity index (χ4v) is 3.36. The van der Waals surface area contributed by atoms with E-state index in [9.17, 15) is 9.59 Å². The largest absolute Gasteiger partial charge is 0.346 e. The van der Waals surface area contributed by atoms with Gasteiger partial charge >= 0.3 is 0 Å². The Labute approximate surface area is 138 Å². The van der Waals surface area contributed by atoms with Gasteiger partial charge in [0.05, 0.1) is 18.8 Å². The maximum atomic E-state index is 12.3. The van der Waals surface area contributed by atoms with E-state index in [0.717, 1.165) is 25.3 Å². The van der Waals surface area contributed by atoms with Crippen LogP contribution in [0.25, 0.3) is 0 Å². The number of hydrogen-bond acceptors (Lipinski definition) is 5. The summed E-state index contributed by atoms with van der Waals surface area (Å²) in [5.74, 6) is 0.648. The van der Waals surface area contributed by atoms with E-state index in [1.807, 2.05) is 5.38 Å². The summed E-state index contributed by atoms with van der Waals surface area (Å²) in [4.78, 5) is 31.2. The monoisotopic (exact) mass is 332 g/mol. The first-order chi connectivity index (χ1) is 11.2.